The first-order valence-electron chi connectivity index (χ1n) is 4.42. The maximum absolute atomic E-state index is 11.4. The Morgan fingerprint density at radius 3 is 2.29 bits per heavy atom. The van der Waals surface area contributed by atoms with Gasteiger partial charge in [0.05, 0.1) is 18.8 Å². The van der Waals surface area contributed by atoms with Gasteiger partial charge >= 0.3 is 11.9 Å². The third-order valence-electron chi connectivity index (χ3n) is 2.05. The highest BCUT2D eigenvalue weighted by Gasteiger charge is 2.31. The summed E-state index contributed by atoms with van der Waals surface area (Å²) in [6.45, 7) is 4.89. The minimum Gasteiger partial charge on any atom is -0.459 e. The van der Waals surface area contributed by atoms with Gasteiger partial charge in [0.1, 0.15) is 0 Å². The van der Waals surface area contributed by atoms with Gasteiger partial charge in [0.25, 0.3) is 0 Å². The summed E-state index contributed by atoms with van der Waals surface area (Å²) in [6.07, 6.45) is 0. The Hall–Kier alpha value is -1.10. The van der Waals surface area contributed by atoms with Crippen molar-refractivity contribution in [2.24, 2.45) is 0 Å². The second kappa shape index (κ2) is 4.95. The predicted octanol–water partition coefficient (Wildman–Crippen LogP) is -0.221. The fourth-order valence-corrected chi connectivity index (χ4v) is 0.711. The Bertz CT molecular complexity index is 225. The largest absolute Gasteiger partial charge is 0.459 e. The Morgan fingerprint density at radius 2 is 1.93 bits per heavy atom. The summed E-state index contributed by atoms with van der Waals surface area (Å²) in [5.74, 6) is -1.64. The molecule has 5 heteroatoms. The molecule has 0 aliphatic rings. The molecule has 14 heavy (non-hydrogen) atoms. The van der Waals surface area contributed by atoms with Gasteiger partial charge in [-0.25, -0.2) is 4.79 Å². The second-order valence-corrected chi connectivity index (χ2v) is 3.56. The van der Waals surface area contributed by atoms with Crippen molar-refractivity contribution < 1.29 is 19.4 Å². The van der Waals surface area contributed by atoms with Crippen LogP contribution in [0.4, 0.5) is 0 Å². The molecular weight excluding hydrogens is 186 g/mol. The number of amides is 1. The molecule has 5 nitrogen and oxygen atoms in total. The average molecular weight is 203 g/mol. The van der Waals surface area contributed by atoms with E-state index in [0.717, 1.165) is 0 Å². The zero-order valence-corrected chi connectivity index (χ0v) is 9.03. The normalized spacial score (nSPS) is 10.9. The third-order valence-corrected chi connectivity index (χ3v) is 2.05. The lowest BCUT2D eigenvalue weighted by Gasteiger charge is -2.32. The van der Waals surface area contributed by atoms with Crippen LogP contribution in [0.5, 0.6) is 0 Å². The lowest BCUT2D eigenvalue weighted by atomic mass is 10.1. The molecule has 0 fully saturated rings. The Morgan fingerprint density at radius 1 is 1.43 bits per heavy atom. The first-order valence-corrected chi connectivity index (χ1v) is 4.42. The first-order chi connectivity index (χ1) is 6.36. The second-order valence-electron chi connectivity index (χ2n) is 3.56. The SMILES string of the molecule is CCOC(=O)C(=O)N(C)C(C)(C)CO. The standard InChI is InChI=1S/C9H17NO4/c1-5-14-8(13)7(12)10(4)9(2,3)6-11/h11H,5-6H2,1-4H3. The molecule has 0 unspecified atom stereocenters. The molecule has 0 aromatic carbocycles. The number of rotatable bonds is 3. The fraction of sp³-hybridized carbons (Fsp3) is 0.778. The van der Waals surface area contributed by atoms with Crippen molar-refractivity contribution in [1.29, 1.82) is 0 Å². The molecule has 0 aliphatic heterocycles. The van der Waals surface area contributed by atoms with E-state index in [1.807, 2.05) is 0 Å². The van der Waals surface area contributed by atoms with Crippen molar-refractivity contribution in [3.8, 4) is 0 Å². The Labute approximate surface area is 83.6 Å². The highest BCUT2D eigenvalue weighted by atomic mass is 16.5. The molecule has 0 spiro atoms. The summed E-state index contributed by atoms with van der Waals surface area (Å²) in [4.78, 5) is 23.6. The van der Waals surface area contributed by atoms with Crippen LogP contribution in [0, 0.1) is 0 Å². The van der Waals surface area contributed by atoms with E-state index in [9.17, 15) is 9.59 Å². The van der Waals surface area contributed by atoms with Gasteiger partial charge in [0.2, 0.25) is 0 Å². The summed E-state index contributed by atoms with van der Waals surface area (Å²) >= 11 is 0. The number of hydrogen-bond acceptors (Lipinski definition) is 4. The maximum Gasteiger partial charge on any atom is 0.397 e. The van der Waals surface area contributed by atoms with E-state index in [1.54, 1.807) is 20.8 Å². The van der Waals surface area contributed by atoms with Crippen molar-refractivity contribution in [1.82, 2.24) is 4.90 Å². The minimum absolute atomic E-state index is 0.165. The van der Waals surface area contributed by atoms with Gasteiger partial charge in [-0.1, -0.05) is 0 Å². The summed E-state index contributed by atoms with van der Waals surface area (Å²) < 4.78 is 4.55. The zero-order valence-electron chi connectivity index (χ0n) is 9.03. The topological polar surface area (TPSA) is 66.8 Å². The smallest absolute Gasteiger partial charge is 0.397 e. The van der Waals surface area contributed by atoms with Crippen molar-refractivity contribution in [2.75, 3.05) is 20.3 Å². The Kier molecular flexibility index (Phi) is 4.56. The number of esters is 1. The van der Waals surface area contributed by atoms with E-state index in [2.05, 4.69) is 4.74 Å². The van der Waals surface area contributed by atoms with Crippen LogP contribution in [0.2, 0.25) is 0 Å². The number of carbonyl (C=O) groups is 2. The number of aliphatic hydroxyl groups excluding tert-OH is 1. The van der Waals surface area contributed by atoms with Gasteiger partial charge in [-0.3, -0.25) is 4.79 Å². The van der Waals surface area contributed by atoms with Crippen LogP contribution >= 0.6 is 0 Å². The number of ether oxygens (including phenoxy) is 1. The number of carbonyl (C=O) groups excluding carboxylic acids is 2. The molecule has 0 radical (unpaired) electrons. The average Bonchev–Trinajstić information content (AvgIpc) is 2.15. The van der Waals surface area contributed by atoms with Crippen LogP contribution in [0.25, 0.3) is 0 Å². The lowest BCUT2D eigenvalue weighted by Crippen LogP contribution is -2.50. The lowest BCUT2D eigenvalue weighted by molar-refractivity contribution is -0.162. The van der Waals surface area contributed by atoms with E-state index >= 15 is 0 Å². The van der Waals surface area contributed by atoms with Crippen LogP contribution in [-0.4, -0.2) is 47.7 Å². The maximum atomic E-state index is 11.4. The third kappa shape index (κ3) is 2.99. The van der Waals surface area contributed by atoms with Gasteiger partial charge < -0.3 is 14.7 Å². The van der Waals surface area contributed by atoms with Crippen LogP contribution in [0.3, 0.4) is 0 Å². The molecule has 0 saturated carbocycles. The highest BCUT2D eigenvalue weighted by molar-refractivity contribution is 6.32. The molecule has 0 rings (SSSR count). The molecule has 82 valence electrons. The predicted molar refractivity (Wildman–Crippen MR) is 50.6 cm³/mol. The van der Waals surface area contributed by atoms with Crippen LogP contribution in [0.1, 0.15) is 20.8 Å². The number of nitrogens with zero attached hydrogens (tertiary/aromatic N) is 1. The highest BCUT2D eigenvalue weighted by Crippen LogP contribution is 2.11. The molecular formula is C9H17NO4. The molecule has 0 aromatic heterocycles. The quantitative estimate of drug-likeness (QED) is 0.508. The first kappa shape index (κ1) is 12.9. The van der Waals surface area contributed by atoms with E-state index in [0.29, 0.717) is 0 Å². The van der Waals surface area contributed by atoms with Crippen LogP contribution in [-0.2, 0) is 14.3 Å². The van der Waals surface area contributed by atoms with E-state index in [4.69, 9.17) is 5.11 Å². The van der Waals surface area contributed by atoms with Gasteiger partial charge in [-0.15, -0.1) is 0 Å². The molecule has 0 aliphatic carbocycles. The molecule has 0 atom stereocenters. The summed E-state index contributed by atoms with van der Waals surface area (Å²) in [6, 6.07) is 0. The van der Waals surface area contributed by atoms with Gasteiger partial charge in [-0.05, 0) is 20.8 Å². The van der Waals surface area contributed by atoms with E-state index in [1.165, 1.54) is 11.9 Å². The molecule has 0 aromatic rings. The van der Waals surface area contributed by atoms with Gasteiger partial charge in [0.15, 0.2) is 0 Å². The summed E-state index contributed by atoms with van der Waals surface area (Å²) in [5, 5.41) is 8.98. The molecule has 0 bridgehead atoms. The molecule has 0 heterocycles. The number of hydrogen-bond donors (Lipinski definition) is 1. The van der Waals surface area contributed by atoms with Gasteiger partial charge in [-0.2, -0.15) is 0 Å². The van der Waals surface area contributed by atoms with Gasteiger partial charge in [0, 0.05) is 7.05 Å². The van der Waals surface area contributed by atoms with Crippen molar-refractivity contribution in [3.05, 3.63) is 0 Å². The van der Waals surface area contributed by atoms with Crippen molar-refractivity contribution in [3.63, 3.8) is 0 Å². The minimum atomic E-state index is -0.892. The fourth-order valence-electron chi connectivity index (χ4n) is 0.711. The van der Waals surface area contributed by atoms with E-state index < -0.39 is 17.4 Å². The summed E-state index contributed by atoms with van der Waals surface area (Å²) in [7, 11) is 1.45. The molecule has 0 saturated heterocycles. The van der Waals surface area contributed by atoms with E-state index in [-0.39, 0.29) is 13.2 Å². The number of likely N-dealkylation sites (N-methyl/N-ethyl adjacent to an activating group) is 1. The van der Waals surface area contributed by atoms with Crippen molar-refractivity contribution in [2.45, 2.75) is 26.3 Å². The molecule has 1 N–H and O–H groups in total. The Balaban J connectivity index is 4.46. The van der Waals surface area contributed by atoms with Crippen LogP contribution in [0.15, 0.2) is 0 Å². The molecule has 1 amide bonds. The summed E-state index contributed by atoms with van der Waals surface area (Å²) in [5.41, 5.74) is -0.760. The zero-order chi connectivity index (χ0) is 11.4. The van der Waals surface area contributed by atoms with Crippen LogP contribution < -0.4 is 0 Å². The monoisotopic (exact) mass is 203 g/mol. The number of aliphatic hydroxyl groups is 1. The van der Waals surface area contributed by atoms with Crippen molar-refractivity contribution >= 4 is 11.9 Å².